The monoisotopic (exact) mass is 322 g/mol. The molecule has 1 aliphatic rings. The third-order valence-electron chi connectivity index (χ3n) is 3.77. The summed E-state index contributed by atoms with van der Waals surface area (Å²) in [6.07, 6.45) is 5.97. The van der Waals surface area contributed by atoms with E-state index in [0.29, 0.717) is 12.0 Å². The molecule has 1 saturated carbocycles. The summed E-state index contributed by atoms with van der Waals surface area (Å²) in [6, 6.07) is 0.502. The molecule has 1 aromatic heterocycles. The second-order valence-electron chi connectivity index (χ2n) is 7.64. The van der Waals surface area contributed by atoms with Gasteiger partial charge in [0.15, 0.2) is 0 Å². The maximum Gasteiger partial charge on any atom is 0.407 e. The number of ether oxygens (including phenoxy) is 1. The van der Waals surface area contributed by atoms with Crippen molar-refractivity contribution in [3.8, 4) is 0 Å². The molecule has 0 aromatic carbocycles. The molecule has 1 amide bonds. The number of nitrogens with zero attached hydrogens (tertiary/aromatic N) is 2. The van der Waals surface area contributed by atoms with Crippen LogP contribution in [0.3, 0.4) is 0 Å². The molecule has 1 fully saturated rings. The Morgan fingerprint density at radius 1 is 1.43 bits per heavy atom. The van der Waals surface area contributed by atoms with Crippen molar-refractivity contribution in [2.75, 3.05) is 6.54 Å². The topological polar surface area (TPSA) is 68.2 Å². The van der Waals surface area contributed by atoms with Crippen molar-refractivity contribution < 1.29 is 9.53 Å². The number of aromatic nitrogens is 2. The van der Waals surface area contributed by atoms with Gasteiger partial charge in [0.25, 0.3) is 0 Å². The van der Waals surface area contributed by atoms with Crippen LogP contribution in [0, 0.1) is 5.92 Å². The van der Waals surface area contributed by atoms with Gasteiger partial charge in [0, 0.05) is 36.9 Å². The molecule has 0 radical (unpaired) electrons. The van der Waals surface area contributed by atoms with Gasteiger partial charge in [-0.3, -0.25) is 4.68 Å². The lowest BCUT2D eigenvalue weighted by Crippen LogP contribution is -2.45. The van der Waals surface area contributed by atoms with Gasteiger partial charge in [-0.05, 0) is 53.4 Å². The standard InChI is InChI=1S/C17H30N4O2/c1-12(2)21-11-13(9-19-21)8-18-10-15(14-6-7-14)20-16(22)23-17(3,4)5/h9,11-12,14-15,18H,6-8,10H2,1-5H3,(H,20,22). The maximum absolute atomic E-state index is 11.9. The summed E-state index contributed by atoms with van der Waals surface area (Å²) in [5.41, 5.74) is 0.697. The van der Waals surface area contributed by atoms with Crippen LogP contribution in [0.25, 0.3) is 0 Å². The van der Waals surface area contributed by atoms with E-state index in [1.165, 1.54) is 12.8 Å². The van der Waals surface area contributed by atoms with Gasteiger partial charge < -0.3 is 15.4 Å². The molecule has 1 aliphatic carbocycles. The van der Waals surface area contributed by atoms with E-state index in [4.69, 9.17) is 4.74 Å². The summed E-state index contributed by atoms with van der Waals surface area (Å²) < 4.78 is 7.30. The van der Waals surface area contributed by atoms with Crippen LogP contribution in [0.1, 0.15) is 59.1 Å². The first-order valence-corrected chi connectivity index (χ1v) is 8.48. The van der Waals surface area contributed by atoms with E-state index in [2.05, 4.69) is 35.8 Å². The Morgan fingerprint density at radius 2 is 2.13 bits per heavy atom. The molecular weight excluding hydrogens is 292 g/mol. The molecule has 0 aliphatic heterocycles. The predicted octanol–water partition coefficient (Wildman–Crippen LogP) is 2.86. The van der Waals surface area contributed by atoms with E-state index in [1.807, 2.05) is 31.6 Å². The van der Waals surface area contributed by atoms with E-state index in [0.717, 1.165) is 18.7 Å². The average Bonchev–Trinajstić information content (AvgIpc) is 3.14. The van der Waals surface area contributed by atoms with E-state index < -0.39 is 5.60 Å². The fraction of sp³-hybridized carbons (Fsp3) is 0.765. The van der Waals surface area contributed by atoms with Crippen molar-refractivity contribution in [3.63, 3.8) is 0 Å². The Balaban J connectivity index is 1.77. The van der Waals surface area contributed by atoms with Gasteiger partial charge in [0.1, 0.15) is 5.60 Å². The van der Waals surface area contributed by atoms with Gasteiger partial charge in [-0.1, -0.05) is 0 Å². The second kappa shape index (κ2) is 7.34. The number of alkyl carbamates (subject to hydrolysis) is 1. The molecule has 0 saturated heterocycles. The van der Waals surface area contributed by atoms with Crippen molar-refractivity contribution in [3.05, 3.63) is 18.0 Å². The van der Waals surface area contributed by atoms with E-state index in [-0.39, 0.29) is 12.1 Å². The SMILES string of the molecule is CC(C)n1cc(CNCC(NC(=O)OC(C)(C)C)C2CC2)cn1. The molecule has 2 rings (SSSR count). The molecule has 1 aromatic rings. The first-order chi connectivity index (χ1) is 10.7. The van der Waals surface area contributed by atoms with Crippen LogP contribution >= 0.6 is 0 Å². The van der Waals surface area contributed by atoms with Gasteiger partial charge in [0.2, 0.25) is 0 Å². The largest absolute Gasteiger partial charge is 0.444 e. The van der Waals surface area contributed by atoms with Crippen molar-refractivity contribution in [2.24, 2.45) is 5.92 Å². The Hall–Kier alpha value is -1.56. The number of nitrogens with one attached hydrogen (secondary N) is 2. The minimum atomic E-state index is -0.461. The zero-order valence-electron chi connectivity index (χ0n) is 14.9. The highest BCUT2D eigenvalue weighted by atomic mass is 16.6. The van der Waals surface area contributed by atoms with Crippen molar-refractivity contribution >= 4 is 6.09 Å². The lowest BCUT2D eigenvalue weighted by Gasteiger charge is -2.23. The van der Waals surface area contributed by atoms with Crippen molar-refractivity contribution in [1.82, 2.24) is 20.4 Å². The Morgan fingerprint density at radius 3 is 2.65 bits per heavy atom. The van der Waals surface area contributed by atoms with E-state index >= 15 is 0 Å². The third kappa shape index (κ3) is 6.22. The van der Waals surface area contributed by atoms with E-state index in [1.54, 1.807) is 0 Å². The lowest BCUT2D eigenvalue weighted by atomic mass is 10.2. The summed E-state index contributed by atoms with van der Waals surface area (Å²) in [5, 5.41) is 10.8. The van der Waals surface area contributed by atoms with Gasteiger partial charge in [-0.2, -0.15) is 5.10 Å². The zero-order chi connectivity index (χ0) is 17.0. The number of amides is 1. The van der Waals surface area contributed by atoms with Crippen molar-refractivity contribution in [1.29, 1.82) is 0 Å². The molecule has 1 heterocycles. The minimum absolute atomic E-state index is 0.130. The predicted molar refractivity (Wildman–Crippen MR) is 90.2 cm³/mol. The number of hydrogen-bond donors (Lipinski definition) is 2. The van der Waals surface area contributed by atoms with Crippen LogP contribution in [-0.2, 0) is 11.3 Å². The van der Waals surface area contributed by atoms with Gasteiger partial charge in [-0.15, -0.1) is 0 Å². The first-order valence-electron chi connectivity index (χ1n) is 8.48. The molecular formula is C17H30N4O2. The molecule has 6 heteroatoms. The van der Waals surface area contributed by atoms with Gasteiger partial charge in [-0.25, -0.2) is 4.79 Å². The molecule has 130 valence electrons. The zero-order valence-corrected chi connectivity index (χ0v) is 14.9. The summed E-state index contributed by atoms with van der Waals surface area (Å²) in [5.74, 6) is 0.563. The number of rotatable bonds is 7. The minimum Gasteiger partial charge on any atom is -0.444 e. The number of carbonyl (C=O) groups is 1. The number of carbonyl (C=O) groups excluding carboxylic acids is 1. The smallest absolute Gasteiger partial charge is 0.407 e. The van der Waals surface area contributed by atoms with Gasteiger partial charge in [0.05, 0.1) is 6.20 Å². The lowest BCUT2D eigenvalue weighted by molar-refractivity contribution is 0.0497. The van der Waals surface area contributed by atoms with Crippen LogP contribution in [0.5, 0.6) is 0 Å². The highest BCUT2D eigenvalue weighted by molar-refractivity contribution is 5.68. The third-order valence-corrected chi connectivity index (χ3v) is 3.77. The second-order valence-corrected chi connectivity index (χ2v) is 7.64. The quantitative estimate of drug-likeness (QED) is 0.810. The molecule has 1 unspecified atom stereocenters. The normalized spacial score (nSPS) is 16.4. The number of hydrogen-bond acceptors (Lipinski definition) is 4. The maximum atomic E-state index is 11.9. The fourth-order valence-electron chi connectivity index (χ4n) is 2.42. The van der Waals surface area contributed by atoms with Crippen LogP contribution in [-0.4, -0.2) is 34.1 Å². The molecule has 0 bridgehead atoms. The molecule has 1 atom stereocenters. The molecule has 23 heavy (non-hydrogen) atoms. The highest BCUT2D eigenvalue weighted by Gasteiger charge is 2.33. The molecule has 2 N–H and O–H groups in total. The van der Waals surface area contributed by atoms with Crippen LogP contribution < -0.4 is 10.6 Å². The Bertz CT molecular complexity index is 515. The first kappa shape index (κ1) is 17.8. The van der Waals surface area contributed by atoms with Crippen LogP contribution in [0.2, 0.25) is 0 Å². The van der Waals surface area contributed by atoms with Crippen LogP contribution in [0.4, 0.5) is 4.79 Å². The summed E-state index contributed by atoms with van der Waals surface area (Å²) in [7, 11) is 0. The summed E-state index contributed by atoms with van der Waals surface area (Å²) in [6.45, 7) is 11.4. The van der Waals surface area contributed by atoms with E-state index in [9.17, 15) is 4.79 Å². The average molecular weight is 322 g/mol. The fourth-order valence-corrected chi connectivity index (χ4v) is 2.42. The molecule has 6 nitrogen and oxygen atoms in total. The highest BCUT2D eigenvalue weighted by Crippen LogP contribution is 2.32. The Labute approximate surface area is 139 Å². The molecule has 0 spiro atoms. The summed E-state index contributed by atoms with van der Waals surface area (Å²) >= 11 is 0. The van der Waals surface area contributed by atoms with Crippen LogP contribution in [0.15, 0.2) is 12.4 Å². The van der Waals surface area contributed by atoms with Crippen molar-refractivity contribution in [2.45, 2.75) is 71.7 Å². The Kier molecular flexibility index (Phi) is 5.68. The summed E-state index contributed by atoms with van der Waals surface area (Å²) in [4.78, 5) is 11.9. The van der Waals surface area contributed by atoms with Gasteiger partial charge >= 0.3 is 6.09 Å².